The summed E-state index contributed by atoms with van der Waals surface area (Å²) in [5.74, 6) is 0.282. The number of methoxy groups -OCH3 is 2. The van der Waals surface area contributed by atoms with E-state index >= 15 is 0 Å². The zero-order valence-corrected chi connectivity index (χ0v) is 21.9. The van der Waals surface area contributed by atoms with Crippen molar-refractivity contribution in [2.45, 2.75) is 51.7 Å². The minimum Gasteiger partial charge on any atom is -0.507 e. The lowest BCUT2D eigenvalue weighted by Crippen LogP contribution is -2.31. The number of ether oxygens (including phenoxy) is 4. The molecule has 198 valence electrons. The molecule has 0 aliphatic carbocycles. The van der Waals surface area contributed by atoms with Gasteiger partial charge in [0.25, 0.3) is 11.7 Å². The van der Waals surface area contributed by atoms with Gasteiger partial charge in [0.05, 0.1) is 25.3 Å². The summed E-state index contributed by atoms with van der Waals surface area (Å²) in [6, 6.07) is 9.93. The van der Waals surface area contributed by atoms with E-state index < -0.39 is 17.7 Å². The van der Waals surface area contributed by atoms with Crippen molar-refractivity contribution in [2.24, 2.45) is 0 Å². The van der Waals surface area contributed by atoms with Crippen LogP contribution in [0.5, 0.6) is 17.2 Å². The highest BCUT2D eigenvalue weighted by Crippen LogP contribution is 2.42. The molecule has 0 saturated carbocycles. The van der Waals surface area contributed by atoms with Crippen molar-refractivity contribution in [1.29, 1.82) is 0 Å². The maximum absolute atomic E-state index is 13.3. The van der Waals surface area contributed by atoms with Crippen molar-refractivity contribution >= 4 is 17.4 Å². The number of hydrogen-bond donors (Lipinski definition) is 1. The number of hydrogen-bond acceptors (Lipinski definition) is 7. The molecule has 2 aromatic rings. The third-order valence-corrected chi connectivity index (χ3v) is 6.72. The zero-order valence-electron chi connectivity index (χ0n) is 21.9. The molecule has 8 nitrogen and oxygen atoms in total. The molecular weight excluding hydrogens is 474 g/mol. The molecule has 4 rings (SSSR count). The van der Waals surface area contributed by atoms with E-state index in [-0.39, 0.29) is 17.4 Å². The number of ketones is 1. The van der Waals surface area contributed by atoms with Crippen molar-refractivity contribution in [1.82, 2.24) is 4.90 Å². The van der Waals surface area contributed by atoms with Crippen LogP contribution < -0.4 is 14.2 Å². The number of carbonyl (C=O) groups is 2. The van der Waals surface area contributed by atoms with E-state index in [0.717, 1.165) is 24.2 Å². The first kappa shape index (κ1) is 26.5. The number of benzene rings is 2. The van der Waals surface area contributed by atoms with Crippen molar-refractivity contribution in [3.8, 4) is 17.2 Å². The molecular formula is C29H35NO7. The zero-order chi connectivity index (χ0) is 26.5. The Bertz CT molecular complexity index is 1190. The second-order valence-corrected chi connectivity index (χ2v) is 9.41. The Morgan fingerprint density at radius 3 is 2.62 bits per heavy atom. The normalized spacial score (nSPS) is 20.2. The average molecular weight is 510 g/mol. The summed E-state index contributed by atoms with van der Waals surface area (Å²) >= 11 is 0. The maximum atomic E-state index is 13.3. The number of aliphatic hydroxyl groups excluding tert-OH is 1. The number of likely N-dealkylation sites (tertiary alicyclic amines) is 1. The van der Waals surface area contributed by atoms with E-state index in [0.29, 0.717) is 55.2 Å². The Hall–Kier alpha value is -3.52. The lowest BCUT2D eigenvalue weighted by Gasteiger charge is -2.26. The summed E-state index contributed by atoms with van der Waals surface area (Å²) in [6.07, 6.45) is 3.22. The first-order valence-electron chi connectivity index (χ1n) is 12.8. The summed E-state index contributed by atoms with van der Waals surface area (Å²) in [4.78, 5) is 28.0. The van der Waals surface area contributed by atoms with Crippen molar-refractivity contribution in [3.63, 3.8) is 0 Å². The van der Waals surface area contributed by atoms with Crippen LogP contribution in [0.1, 0.15) is 55.8 Å². The minimum absolute atomic E-state index is 0.0456. The van der Waals surface area contributed by atoms with E-state index in [1.807, 2.05) is 19.1 Å². The molecule has 1 saturated heterocycles. The van der Waals surface area contributed by atoms with Gasteiger partial charge >= 0.3 is 0 Å². The Labute approximate surface area is 217 Å². The molecule has 2 aromatic carbocycles. The SMILES string of the molecule is CCCCOc1ccc(C2/C(=C(\O)c3ccc4c(c3)CC(C)O4)C(=O)C(=O)N2CCCOC)cc1OC. The Kier molecular flexibility index (Phi) is 8.38. The summed E-state index contributed by atoms with van der Waals surface area (Å²) in [5, 5.41) is 11.4. The molecule has 0 spiro atoms. The van der Waals surface area contributed by atoms with Gasteiger partial charge in [-0.25, -0.2) is 0 Å². The smallest absolute Gasteiger partial charge is 0.295 e. The Balaban J connectivity index is 1.78. The number of amides is 1. The van der Waals surface area contributed by atoms with Crippen molar-refractivity contribution < 1.29 is 33.6 Å². The third-order valence-electron chi connectivity index (χ3n) is 6.72. The standard InChI is InChI=1S/C29H35NO7/c1-5-6-14-36-23-11-8-19(17-24(23)35-4)26-25(28(32)29(33)30(26)12-7-13-34-3)27(31)20-9-10-22-21(16-20)15-18(2)37-22/h8-11,16-18,26,31H,5-7,12-15H2,1-4H3/b27-25+. The number of Topliss-reactive ketones (excluding diaryl/α,β-unsaturated/α-hetero) is 1. The summed E-state index contributed by atoms with van der Waals surface area (Å²) in [6.45, 7) is 5.36. The molecule has 0 aromatic heterocycles. The fourth-order valence-electron chi connectivity index (χ4n) is 4.86. The molecule has 2 aliphatic rings. The Morgan fingerprint density at radius 1 is 1.08 bits per heavy atom. The summed E-state index contributed by atoms with van der Waals surface area (Å²) < 4.78 is 22.4. The number of fused-ring (bicyclic) bond motifs is 1. The van der Waals surface area contributed by atoms with E-state index in [1.54, 1.807) is 38.5 Å². The number of rotatable bonds is 11. The largest absolute Gasteiger partial charge is 0.507 e. The molecule has 2 heterocycles. The highest BCUT2D eigenvalue weighted by Gasteiger charge is 2.46. The third kappa shape index (κ3) is 5.44. The molecule has 2 aliphatic heterocycles. The molecule has 0 bridgehead atoms. The van der Waals surface area contributed by atoms with Gasteiger partial charge in [0.1, 0.15) is 17.6 Å². The molecule has 2 atom stereocenters. The molecule has 8 heteroatoms. The maximum Gasteiger partial charge on any atom is 0.295 e. The topological polar surface area (TPSA) is 94.5 Å². The lowest BCUT2D eigenvalue weighted by atomic mass is 9.94. The van der Waals surface area contributed by atoms with Crippen LogP contribution in [0.4, 0.5) is 0 Å². The first-order chi connectivity index (χ1) is 17.9. The molecule has 0 radical (unpaired) electrons. The van der Waals surface area contributed by atoms with Gasteiger partial charge in [-0.2, -0.15) is 0 Å². The number of nitrogens with zero attached hydrogens (tertiary/aromatic N) is 1. The number of aliphatic hydroxyl groups is 1. The van der Waals surface area contributed by atoms with E-state index in [4.69, 9.17) is 18.9 Å². The van der Waals surface area contributed by atoms with E-state index in [1.165, 1.54) is 4.90 Å². The predicted molar refractivity (Wildman–Crippen MR) is 139 cm³/mol. The van der Waals surface area contributed by atoms with Crippen LogP contribution in [0, 0.1) is 0 Å². The van der Waals surface area contributed by atoms with Crippen molar-refractivity contribution in [3.05, 3.63) is 58.7 Å². The van der Waals surface area contributed by atoms with Gasteiger partial charge in [0.2, 0.25) is 0 Å². The minimum atomic E-state index is -0.779. The van der Waals surface area contributed by atoms with Crippen LogP contribution in [-0.4, -0.2) is 61.8 Å². The monoisotopic (exact) mass is 509 g/mol. The molecule has 2 unspecified atom stereocenters. The van der Waals surface area contributed by atoms with Gasteiger partial charge in [-0.1, -0.05) is 19.4 Å². The van der Waals surface area contributed by atoms with Crippen LogP contribution >= 0.6 is 0 Å². The number of carbonyl (C=O) groups excluding carboxylic acids is 2. The lowest BCUT2D eigenvalue weighted by molar-refractivity contribution is -0.140. The molecule has 1 fully saturated rings. The van der Waals surface area contributed by atoms with Crippen LogP contribution in [0.15, 0.2) is 42.0 Å². The average Bonchev–Trinajstić information content (AvgIpc) is 3.39. The van der Waals surface area contributed by atoms with Gasteiger partial charge in [-0.15, -0.1) is 0 Å². The summed E-state index contributed by atoms with van der Waals surface area (Å²) in [5.41, 5.74) is 2.13. The predicted octanol–water partition coefficient (Wildman–Crippen LogP) is 4.66. The second kappa shape index (κ2) is 11.7. The van der Waals surface area contributed by atoms with Gasteiger partial charge in [0, 0.05) is 32.2 Å². The number of unbranched alkanes of at least 4 members (excludes halogenated alkanes) is 1. The van der Waals surface area contributed by atoms with E-state index in [2.05, 4.69) is 6.92 Å². The van der Waals surface area contributed by atoms with E-state index in [9.17, 15) is 14.7 Å². The van der Waals surface area contributed by atoms with Gasteiger partial charge in [0.15, 0.2) is 11.5 Å². The molecule has 1 amide bonds. The fraction of sp³-hybridized carbons (Fsp3) is 0.448. The Morgan fingerprint density at radius 2 is 1.89 bits per heavy atom. The highest BCUT2D eigenvalue weighted by molar-refractivity contribution is 6.46. The quantitative estimate of drug-likeness (QED) is 0.204. The first-order valence-corrected chi connectivity index (χ1v) is 12.8. The van der Waals surface area contributed by atoms with Gasteiger partial charge < -0.3 is 29.0 Å². The van der Waals surface area contributed by atoms with Crippen LogP contribution in [0.3, 0.4) is 0 Å². The molecule has 37 heavy (non-hydrogen) atoms. The van der Waals surface area contributed by atoms with Gasteiger partial charge in [-0.05, 0) is 61.2 Å². The summed E-state index contributed by atoms with van der Waals surface area (Å²) in [7, 11) is 3.14. The van der Waals surface area contributed by atoms with Crippen LogP contribution in [0.2, 0.25) is 0 Å². The van der Waals surface area contributed by atoms with Gasteiger partial charge in [-0.3, -0.25) is 9.59 Å². The fourth-order valence-corrected chi connectivity index (χ4v) is 4.86. The van der Waals surface area contributed by atoms with Crippen molar-refractivity contribution in [2.75, 3.05) is 34.0 Å². The highest BCUT2D eigenvalue weighted by atomic mass is 16.5. The van der Waals surface area contributed by atoms with Crippen LogP contribution in [-0.2, 0) is 20.7 Å². The second-order valence-electron chi connectivity index (χ2n) is 9.41. The van der Waals surface area contributed by atoms with Crippen LogP contribution in [0.25, 0.3) is 5.76 Å². The molecule has 1 N–H and O–H groups in total.